The molecular weight excluding hydrogens is 376 g/mol. The third-order valence-corrected chi connectivity index (χ3v) is 5.50. The van der Waals surface area contributed by atoms with Crippen molar-refractivity contribution in [3.05, 3.63) is 65.2 Å². The van der Waals surface area contributed by atoms with Crippen molar-refractivity contribution in [3.63, 3.8) is 0 Å². The van der Waals surface area contributed by atoms with Gasteiger partial charge >= 0.3 is 5.97 Å². The molecule has 6 nitrogen and oxygen atoms in total. The predicted octanol–water partition coefficient (Wildman–Crippen LogP) is 2.68. The Morgan fingerprint density at radius 3 is 2.32 bits per heavy atom. The SMILES string of the molecule is O=C(Cc1ccccc1C(=O)O)Nc1ccc(CC(=O)N2CCSCC2)cc1. The lowest BCUT2D eigenvalue weighted by molar-refractivity contribution is -0.130. The lowest BCUT2D eigenvalue weighted by atomic mass is 10.0. The third-order valence-electron chi connectivity index (χ3n) is 4.56. The van der Waals surface area contributed by atoms with E-state index < -0.39 is 5.97 Å². The average Bonchev–Trinajstić information content (AvgIpc) is 2.70. The van der Waals surface area contributed by atoms with Crippen LogP contribution in [0.15, 0.2) is 48.5 Å². The quantitative estimate of drug-likeness (QED) is 0.781. The van der Waals surface area contributed by atoms with Gasteiger partial charge in [0.1, 0.15) is 0 Å². The molecule has 1 aliphatic heterocycles. The Balaban J connectivity index is 1.56. The van der Waals surface area contributed by atoms with E-state index in [-0.39, 0.29) is 23.8 Å². The van der Waals surface area contributed by atoms with E-state index in [9.17, 15) is 19.5 Å². The normalized spacial score (nSPS) is 13.8. The highest BCUT2D eigenvalue weighted by molar-refractivity contribution is 7.99. The zero-order valence-electron chi connectivity index (χ0n) is 15.4. The number of nitrogens with one attached hydrogen (secondary N) is 1. The lowest BCUT2D eigenvalue weighted by Gasteiger charge is -2.26. The number of amides is 2. The molecule has 0 atom stereocenters. The van der Waals surface area contributed by atoms with E-state index in [1.54, 1.807) is 30.3 Å². The van der Waals surface area contributed by atoms with Crippen molar-refractivity contribution in [2.45, 2.75) is 12.8 Å². The van der Waals surface area contributed by atoms with Gasteiger partial charge in [0, 0.05) is 30.3 Å². The number of hydrogen-bond donors (Lipinski definition) is 2. The summed E-state index contributed by atoms with van der Waals surface area (Å²) in [6, 6.07) is 13.6. The molecule has 1 saturated heterocycles. The molecule has 3 rings (SSSR count). The Bertz CT molecular complexity index is 861. The molecule has 1 fully saturated rings. The van der Waals surface area contributed by atoms with Crippen LogP contribution in [0.4, 0.5) is 5.69 Å². The minimum absolute atomic E-state index is 0.0182. The van der Waals surface area contributed by atoms with Crippen LogP contribution in [-0.2, 0) is 22.4 Å². The van der Waals surface area contributed by atoms with E-state index in [1.165, 1.54) is 6.07 Å². The Morgan fingerprint density at radius 1 is 0.964 bits per heavy atom. The predicted molar refractivity (Wildman–Crippen MR) is 110 cm³/mol. The molecule has 0 spiro atoms. The lowest BCUT2D eigenvalue weighted by Crippen LogP contribution is -2.38. The fourth-order valence-corrected chi connectivity index (χ4v) is 3.97. The van der Waals surface area contributed by atoms with Gasteiger partial charge in [-0.05, 0) is 29.3 Å². The number of thioether (sulfide) groups is 1. The standard InChI is InChI=1S/C21H22N2O4S/c24-19(14-16-3-1-2-4-18(16)21(26)27)22-17-7-5-15(6-8-17)13-20(25)23-9-11-28-12-10-23/h1-8H,9-14H2,(H,22,24)(H,26,27). The molecule has 0 bridgehead atoms. The van der Waals surface area contributed by atoms with Crippen LogP contribution in [0, 0.1) is 0 Å². The molecule has 1 heterocycles. The molecule has 2 amide bonds. The maximum Gasteiger partial charge on any atom is 0.335 e. The molecule has 2 aromatic carbocycles. The largest absolute Gasteiger partial charge is 0.478 e. The number of benzene rings is 2. The highest BCUT2D eigenvalue weighted by Gasteiger charge is 2.17. The summed E-state index contributed by atoms with van der Waals surface area (Å²) in [5.41, 5.74) is 2.11. The molecule has 0 aliphatic carbocycles. The van der Waals surface area contributed by atoms with Gasteiger partial charge in [-0.1, -0.05) is 30.3 Å². The number of carboxylic acids is 1. The number of carbonyl (C=O) groups is 3. The third kappa shape index (κ3) is 5.36. The molecule has 146 valence electrons. The maximum atomic E-state index is 12.3. The summed E-state index contributed by atoms with van der Waals surface area (Å²) >= 11 is 1.87. The fraction of sp³-hybridized carbons (Fsp3) is 0.286. The highest BCUT2D eigenvalue weighted by Crippen LogP contribution is 2.15. The molecule has 0 saturated carbocycles. The molecular formula is C21H22N2O4S. The van der Waals surface area contributed by atoms with E-state index >= 15 is 0 Å². The van der Waals surface area contributed by atoms with Crippen LogP contribution in [0.2, 0.25) is 0 Å². The Labute approximate surface area is 167 Å². The molecule has 0 unspecified atom stereocenters. The first kappa shape index (κ1) is 19.9. The smallest absolute Gasteiger partial charge is 0.335 e. The van der Waals surface area contributed by atoms with Crippen molar-refractivity contribution in [2.75, 3.05) is 29.9 Å². The van der Waals surface area contributed by atoms with Gasteiger partial charge in [0.2, 0.25) is 11.8 Å². The highest BCUT2D eigenvalue weighted by atomic mass is 32.2. The van der Waals surface area contributed by atoms with Crippen molar-refractivity contribution in [3.8, 4) is 0 Å². The zero-order chi connectivity index (χ0) is 19.9. The Kier molecular flexibility index (Phi) is 6.71. The molecule has 1 aliphatic rings. The zero-order valence-corrected chi connectivity index (χ0v) is 16.2. The fourth-order valence-electron chi connectivity index (χ4n) is 3.07. The van der Waals surface area contributed by atoms with Gasteiger partial charge in [-0.2, -0.15) is 11.8 Å². The van der Waals surface area contributed by atoms with E-state index in [4.69, 9.17) is 0 Å². The van der Waals surface area contributed by atoms with Gasteiger partial charge in [0.05, 0.1) is 18.4 Å². The van der Waals surface area contributed by atoms with Gasteiger partial charge in [0.25, 0.3) is 0 Å². The second-order valence-electron chi connectivity index (χ2n) is 6.55. The minimum Gasteiger partial charge on any atom is -0.478 e. The minimum atomic E-state index is -1.05. The van der Waals surface area contributed by atoms with Crippen molar-refractivity contribution in [1.82, 2.24) is 4.90 Å². The van der Waals surface area contributed by atoms with Gasteiger partial charge in [-0.3, -0.25) is 9.59 Å². The van der Waals surface area contributed by atoms with Crippen LogP contribution in [-0.4, -0.2) is 52.4 Å². The topological polar surface area (TPSA) is 86.7 Å². The number of rotatable bonds is 6. The van der Waals surface area contributed by atoms with Crippen LogP contribution < -0.4 is 5.32 Å². The summed E-state index contributed by atoms with van der Waals surface area (Å²) in [5, 5.41) is 12.0. The molecule has 2 N–H and O–H groups in total. The van der Waals surface area contributed by atoms with Crippen molar-refractivity contribution >= 4 is 35.2 Å². The molecule has 28 heavy (non-hydrogen) atoms. The first-order chi connectivity index (χ1) is 13.5. The number of carbonyl (C=O) groups excluding carboxylic acids is 2. The van der Waals surface area contributed by atoms with E-state index in [0.29, 0.717) is 17.7 Å². The number of hydrogen-bond acceptors (Lipinski definition) is 4. The van der Waals surface area contributed by atoms with Gasteiger partial charge in [0.15, 0.2) is 0 Å². The van der Waals surface area contributed by atoms with Gasteiger partial charge in [-0.15, -0.1) is 0 Å². The average molecular weight is 398 g/mol. The van der Waals surface area contributed by atoms with Gasteiger partial charge < -0.3 is 15.3 Å². The van der Waals surface area contributed by atoms with Gasteiger partial charge in [-0.25, -0.2) is 4.79 Å². The number of nitrogens with zero attached hydrogens (tertiary/aromatic N) is 1. The van der Waals surface area contributed by atoms with E-state index in [0.717, 1.165) is 30.2 Å². The molecule has 2 aromatic rings. The summed E-state index contributed by atoms with van der Waals surface area (Å²) in [4.78, 5) is 37.7. The number of aromatic carboxylic acids is 1. The number of anilines is 1. The van der Waals surface area contributed by atoms with Crippen LogP contribution in [0.1, 0.15) is 21.5 Å². The van der Waals surface area contributed by atoms with Crippen LogP contribution in [0.5, 0.6) is 0 Å². The van der Waals surface area contributed by atoms with Crippen LogP contribution in [0.25, 0.3) is 0 Å². The van der Waals surface area contributed by atoms with Crippen molar-refractivity contribution < 1.29 is 19.5 Å². The van der Waals surface area contributed by atoms with E-state index in [2.05, 4.69) is 5.32 Å². The summed E-state index contributed by atoms with van der Waals surface area (Å²) in [6.07, 6.45) is 0.334. The van der Waals surface area contributed by atoms with Crippen LogP contribution in [0.3, 0.4) is 0 Å². The summed E-state index contributed by atoms with van der Waals surface area (Å²) in [6.45, 7) is 1.60. The first-order valence-electron chi connectivity index (χ1n) is 9.08. The number of carboxylic acid groups (broad SMARTS) is 1. The maximum absolute atomic E-state index is 12.3. The monoisotopic (exact) mass is 398 g/mol. The molecule has 0 aromatic heterocycles. The second kappa shape index (κ2) is 9.41. The van der Waals surface area contributed by atoms with E-state index in [1.807, 2.05) is 28.8 Å². The first-order valence-corrected chi connectivity index (χ1v) is 10.2. The van der Waals surface area contributed by atoms with Crippen molar-refractivity contribution in [1.29, 1.82) is 0 Å². The second-order valence-corrected chi connectivity index (χ2v) is 7.78. The Hall–Kier alpha value is -2.80. The van der Waals surface area contributed by atoms with Crippen molar-refractivity contribution in [2.24, 2.45) is 0 Å². The summed E-state index contributed by atoms with van der Waals surface area (Å²) in [5.74, 6) is 0.763. The summed E-state index contributed by atoms with van der Waals surface area (Å²) in [7, 11) is 0. The molecule has 0 radical (unpaired) electrons. The molecule has 7 heteroatoms. The Morgan fingerprint density at radius 2 is 1.64 bits per heavy atom. The summed E-state index contributed by atoms with van der Waals surface area (Å²) < 4.78 is 0. The van der Waals surface area contributed by atoms with Crippen LogP contribution >= 0.6 is 11.8 Å².